The third kappa shape index (κ3) is 2.64. The second-order valence-corrected chi connectivity index (χ2v) is 4.84. The van der Waals surface area contributed by atoms with Crippen molar-refractivity contribution >= 4 is 17.6 Å². The fourth-order valence-electron chi connectivity index (χ4n) is 2.06. The molecule has 0 heterocycles. The highest BCUT2D eigenvalue weighted by Crippen LogP contribution is 2.31. The van der Waals surface area contributed by atoms with Crippen molar-refractivity contribution in [3.05, 3.63) is 58.1 Å². The molecule has 19 heavy (non-hydrogen) atoms. The first-order valence-corrected chi connectivity index (χ1v) is 6.37. The summed E-state index contributed by atoms with van der Waals surface area (Å²) in [5.41, 5.74) is 4.69. The van der Waals surface area contributed by atoms with Gasteiger partial charge >= 0.3 is 5.97 Å². The normalized spacial score (nSPS) is 10.3. The maximum Gasteiger partial charge on any atom is 0.337 e. The molecule has 2 aromatic carbocycles. The smallest absolute Gasteiger partial charge is 0.337 e. The van der Waals surface area contributed by atoms with Crippen LogP contribution in [0.15, 0.2) is 36.4 Å². The molecule has 2 rings (SSSR count). The molecule has 2 aromatic rings. The number of carbonyl (C=O) groups is 1. The lowest BCUT2D eigenvalue weighted by Gasteiger charge is -2.12. The van der Waals surface area contributed by atoms with Crippen molar-refractivity contribution in [2.24, 2.45) is 0 Å². The number of carbonyl (C=O) groups excluding carboxylic acids is 1. The summed E-state index contributed by atoms with van der Waals surface area (Å²) in [6.45, 7) is 3.98. The molecule has 0 aromatic heterocycles. The molecule has 0 aliphatic rings. The van der Waals surface area contributed by atoms with E-state index < -0.39 is 0 Å². The van der Waals surface area contributed by atoms with Crippen molar-refractivity contribution in [2.45, 2.75) is 13.8 Å². The standard InChI is InChI=1S/C16H15ClO2/c1-10-7-8-12(16(18)19-3)9-14(10)13-5-4-6-15(17)11(13)2/h4-9H,1-3H3. The van der Waals surface area contributed by atoms with E-state index in [1.807, 2.05) is 44.2 Å². The summed E-state index contributed by atoms with van der Waals surface area (Å²) < 4.78 is 4.76. The van der Waals surface area contributed by atoms with Gasteiger partial charge in [0.25, 0.3) is 0 Å². The molecule has 0 saturated heterocycles. The lowest BCUT2D eigenvalue weighted by Crippen LogP contribution is -2.02. The minimum absolute atomic E-state index is 0.332. The molecule has 0 aliphatic carbocycles. The number of rotatable bonds is 2. The first-order chi connectivity index (χ1) is 9.04. The van der Waals surface area contributed by atoms with Gasteiger partial charge in [0.05, 0.1) is 12.7 Å². The van der Waals surface area contributed by atoms with Gasteiger partial charge in [0.2, 0.25) is 0 Å². The minimum Gasteiger partial charge on any atom is -0.465 e. The van der Waals surface area contributed by atoms with E-state index >= 15 is 0 Å². The van der Waals surface area contributed by atoms with Crippen LogP contribution in [0.25, 0.3) is 11.1 Å². The van der Waals surface area contributed by atoms with Gasteiger partial charge in [-0.3, -0.25) is 0 Å². The zero-order valence-electron chi connectivity index (χ0n) is 11.2. The van der Waals surface area contributed by atoms with Crippen LogP contribution in [0.4, 0.5) is 0 Å². The Bertz CT molecular complexity index is 633. The highest BCUT2D eigenvalue weighted by atomic mass is 35.5. The second-order valence-electron chi connectivity index (χ2n) is 4.43. The van der Waals surface area contributed by atoms with Crippen LogP contribution in [0.1, 0.15) is 21.5 Å². The van der Waals surface area contributed by atoms with E-state index in [1.165, 1.54) is 7.11 Å². The highest BCUT2D eigenvalue weighted by molar-refractivity contribution is 6.31. The van der Waals surface area contributed by atoms with Crippen molar-refractivity contribution in [2.75, 3.05) is 7.11 Å². The Morgan fingerprint density at radius 1 is 1.11 bits per heavy atom. The van der Waals surface area contributed by atoms with E-state index in [9.17, 15) is 4.79 Å². The molecule has 0 N–H and O–H groups in total. The van der Waals surface area contributed by atoms with Gasteiger partial charge in [0.1, 0.15) is 0 Å². The van der Waals surface area contributed by atoms with Gasteiger partial charge in [-0.15, -0.1) is 0 Å². The molecular formula is C16H15ClO2. The van der Waals surface area contributed by atoms with Gasteiger partial charge in [-0.2, -0.15) is 0 Å². The molecule has 98 valence electrons. The molecule has 0 atom stereocenters. The van der Waals surface area contributed by atoms with Gasteiger partial charge in [-0.25, -0.2) is 4.79 Å². The van der Waals surface area contributed by atoms with Crippen LogP contribution in [0.2, 0.25) is 5.02 Å². The van der Waals surface area contributed by atoms with Crippen molar-refractivity contribution in [1.29, 1.82) is 0 Å². The molecular weight excluding hydrogens is 260 g/mol. The van der Waals surface area contributed by atoms with Crippen LogP contribution in [0.3, 0.4) is 0 Å². The summed E-state index contributed by atoms with van der Waals surface area (Å²) in [6.07, 6.45) is 0. The molecule has 0 spiro atoms. The van der Waals surface area contributed by atoms with E-state index in [0.29, 0.717) is 5.56 Å². The monoisotopic (exact) mass is 274 g/mol. The quantitative estimate of drug-likeness (QED) is 0.758. The van der Waals surface area contributed by atoms with Gasteiger partial charge in [0.15, 0.2) is 0 Å². The summed E-state index contributed by atoms with van der Waals surface area (Å²) in [4.78, 5) is 11.6. The predicted octanol–water partition coefficient (Wildman–Crippen LogP) is 4.41. The van der Waals surface area contributed by atoms with E-state index in [-0.39, 0.29) is 5.97 Å². The van der Waals surface area contributed by atoms with Gasteiger partial charge < -0.3 is 4.74 Å². The zero-order valence-corrected chi connectivity index (χ0v) is 11.9. The largest absolute Gasteiger partial charge is 0.465 e. The maximum absolute atomic E-state index is 11.6. The van der Waals surface area contributed by atoms with Crippen LogP contribution in [-0.4, -0.2) is 13.1 Å². The second kappa shape index (κ2) is 5.45. The molecule has 0 aliphatic heterocycles. The SMILES string of the molecule is COC(=O)c1ccc(C)c(-c2cccc(Cl)c2C)c1. The highest BCUT2D eigenvalue weighted by Gasteiger charge is 2.11. The Hall–Kier alpha value is -1.80. The van der Waals surface area contributed by atoms with Crippen LogP contribution in [0, 0.1) is 13.8 Å². The summed E-state index contributed by atoms with van der Waals surface area (Å²) in [6, 6.07) is 11.3. The van der Waals surface area contributed by atoms with Gasteiger partial charge in [-0.1, -0.05) is 29.8 Å². The maximum atomic E-state index is 11.6. The topological polar surface area (TPSA) is 26.3 Å². The predicted molar refractivity (Wildman–Crippen MR) is 77.7 cm³/mol. The number of hydrogen-bond acceptors (Lipinski definition) is 2. The van der Waals surface area contributed by atoms with Crippen LogP contribution in [-0.2, 0) is 4.74 Å². The fraction of sp³-hybridized carbons (Fsp3) is 0.188. The average molecular weight is 275 g/mol. The van der Waals surface area contributed by atoms with Gasteiger partial charge in [-0.05, 0) is 54.3 Å². The molecule has 0 saturated carbocycles. The summed E-state index contributed by atoms with van der Waals surface area (Å²) in [5.74, 6) is -0.332. The van der Waals surface area contributed by atoms with Crippen molar-refractivity contribution in [1.82, 2.24) is 0 Å². The van der Waals surface area contributed by atoms with E-state index in [4.69, 9.17) is 16.3 Å². The first kappa shape index (κ1) is 13.6. The van der Waals surface area contributed by atoms with Gasteiger partial charge in [0, 0.05) is 5.02 Å². The molecule has 0 fully saturated rings. The van der Waals surface area contributed by atoms with Crippen molar-refractivity contribution < 1.29 is 9.53 Å². The molecule has 2 nitrogen and oxygen atoms in total. The van der Waals surface area contributed by atoms with Crippen molar-refractivity contribution in [3.63, 3.8) is 0 Å². The molecule has 0 unspecified atom stereocenters. The zero-order chi connectivity index (χ0) is 14.0. The average Bonchev–Trinajstić information content (AvgIpc) is 2.42. The van der Waals surface area contributed by atoms with Crippen LogP contribution in [0.5, 0.6) is 0 Å². The Labute approximate surface area is 118 Å². The Balaban J connectivity index is 2.61. The lowest BCUT2D eigenvalue weighted by atomic mass is 9.95. The summed E-state index contributed by atoms with van der Waals surface area (Å²) in [7, 11) is 1.38. The lowest BCUT2D eigenvalue weighted by molar-refractivity contribution is 0.0601. The molecule has 0 amide bonds. The van der Waals surface area contributed by atoms with Crippen LogP contribution < -0.4 is 0 Å². The third-order valence-electron chi connectivity index (χ3n) is 3.22. The number of benzene rings is 2. The number of ether oxygens (including phenoxy) is 1. The number of hydrogen-bond donors (Lipinski definition) is 0. The number of methoxy groups -OCH3 is 1. The number of esters is 1. The first-order valence-electron chi connectivity index (χ1n) is 5.99. The van der Waals surface area contributed by atoms with E-state index in [1.54, 1.807) is 6.07 Å². The third-order valence-corrected chi connectivity index (χ3v) is 3.63. The molecule has 0 radical (unpaired) electrons. The Morgan fingerprint density at radius 3 is 2.53 bits per heavy atom. The summed E-state index contributed by atoms with van der Waals surface area (Å²) >= 11 is 6.15. The fourth-order valence-corrected chi connectivity index (χ4v) is 2.23. The molecule has 0 bridgehead atoms. The van der Waals surface area contributed by atoms with E-state index in [2.05, 4.69) is 0 Å². The van der Waals surface area contributed by atoms with E-state index in [0.717, 1.165) is 27.3 Å². The number of halogens is 1. The summed E-state index contributed by atoms with van der Waals surface area (Å²) in [5, 5.41) is 0.723. The minimum atomic E-state index is -0.332. The molecule has 3 heteroatoms. The Kier molecular flexibility index (Phi) is 3.91. The van der Waals surface area contributed by atoms with Crippen LogP contribution >= 0.6 is 11.6 Å². The Morgan fingerprint density at radius 2 is 1.84 bits per heavy atom. The van der Waals surface area contributed by atoms with Crippen molar-refractivity contribution in [3.8, 4) is 11.1 Å². The number of aryl methyl sites for hydroxylation is 1.